The van der Waals surface area contributed by atoms with E-state index >= 15 is 0 Å². The molecule has 3 heteroatoms. The van der Waals surface area contributed by atoms with E-state index in [1.54, 1.807) is 6.26 Å². The van der Waals surface area contributed by atoms with E-state index in [4.69, 9.17) is 10.2 Å². The number of rotatable bonds is 5. The molecular formula is C12H20N2O. The van der Waals surface area contributed by atoms with Crippen LogP contribution in [0.4, 0.5) is 0 Å². The van der Waals surface area contributed by atoms with E-state index in [9.17, 15) is 0 Å². The Bertz CT molecular complexity index is 280. The average Bonchev–Trinajstić information content (AvgIpc) is 2.63. The fourth-order valence-electron chi connectivity index (χ4n) is 2.32. The predicted octanol–water partition coefficient (Wildman–Crippen LogP) is 1.84. The minimum atomic E-state index is 0.517. The third-order valence-corrected chi connectivity index (χ3v) is 3.49. The summed E-state index contributed by atoms with van der Waals surface area (Å²) in [7, 11) is 2.14. The quantitative estimate of drug-likeness (QED) is 0.803. The van der Waals surface area contributed by atoms with Gasteiger partial charge in [0.15, 0.2) is 0 Å². The van der Waals surface area contributed by atoms with Crippen LogP contribution in [0.1, 0.15) is 25.0 Å². The molecule has 2 rings (SSSR count). The van der Waals surface area contributed by atoms with Gasteiger partial charge in [0.25, 0.3) is 0 Å². The number of furan rings is 1. The molecule has 0 amide bonds. The van der Waals surface area contributed by atoms with Crippen molar-refractivity contribution in [1.29, 1.82) is 0 Å². The van der Waals surface area contributed by atoms with Gasteiger partial charge >= 0.3 is 0 Å². The lowest BCUT2D eigenvalue weighted by molar-refractivity contribution is 0.112. The first kappa shape index (κ1) is 10.7. The van der Waals surface area contributed by atoms with Gasteiger partial charge in [-0.25, -0.2) is 0 Å². The third kappa shape index (κ3) is 2.41. The summed E-state index contributed by atoms with van der Waals surface area (Å²) in [6.07, 6.45) is 5.77. The lowest BCUT2D eigenvalue weighted by Crippen LogP contribution is -2.45. The summed E-state index contributed by atoms with van der Waals surface area (Å²) >= 11 is 0. The normalized spacial score (nSPS) is 19.1. The van der Waals surface area contributed by atoms with Gasteiger partial charge in [-0.1, -0.05) is 6.42 Å². The minimum Gasteiger partial charge on any atom is -0.468 e. The Morgan fingerprint density at radius 3 is 2.87 bits per heavy atom. The van der Waals surface area contributed by atoms with Crippen molar-refractivity contribution in [2.75, 3.05) is 13.6 Å². The maximum Gasteiger partial charge on any atom is 0.117 e. The first-order valence-electron chi connectivity index (χ1n) is 5.74. The lowest BCUT2D eigenvalue weighted by atomic mass is 9.79. The first-order valence-corrected chi connectivity index (χ1v) is 5.74. The van der Waals surface area contributed by atoms with Crippen molar-refractivity contribution >= 4 is 0 Å². The Morgan fingerprint density at radius 2 is 2.40 bits per heavy atom. The Kier molecular flexibility index (Phi) is 3.44. The molecule has 0 aliphatic heterocycles. The van der Waals surface area contributed by atoms with Crippen molar-refractivity contribution in [2.24, 2.45) is 11.7 Å². The van der Waals surface area contributed by atoms with Crippen LogP contribution >= 0.6 is 0 Å². The standard InChI is InChI=1S/C12H20N2O/c1-14(9-11-6-3-7-15-11)12(8-13)10-4-2-5-10/h3,6-7,10,12H,2,4-5,8-9,13H2,1H3. The SMILES string of the molecule is CN(Cc1ccco1)C(CN)C1CCC1. The van der Waals surface area contributed by atoms with E-state index in [-0.39, 0.29) is 0 Å². The van der Waals surface area contributed by atoms with Crippen LogP contribution in [0.25, 0.3) is 0 Å². The molecule has 0 saturated heterocycles. The van der Waals surface area contributed by atoms with Crippen molar-refractivity contribution in [1.82, 2.24) is 4.90 Å². The maximum atomic E-state index is 5.84. The molecular weight excluding hydrogens is 188 g/mol. The predicted molar refractivity (Wildman–Crippen MR) is 60.4 cm³/mol. The van der Waals surface area contributed by atoms with Crippen LogP contribution in [-0.4, -0.2) is 24.5 Å². The highest BCUT2D eigenvalue weighted by atomic mass is 16.3. The van der Waals surface area contributed by atoms with E-state index in [1.165, 1.54) is 19.3 Å². The summed E-state index contributed by atoms with van der Waals surface area (Å²) in [5, 5.41) is 0. The van der Waals surface area contributed by atoms with E-state index in [0.29, 0.717) is 6.04 Å². The molecule has 1 aromatic heterocycles. The Balaban J connectivity index is 1.90. The monoisotopic (exact) mass is 208 g/mol. The number of hydrogen-bond acceptors (Lipinski definition) is 3. The van der Waals surface area contributed by atoms with Gasteiger partial charge in [-0.2, -0.15) is 0 Å². The van der Waals surface area contributed by atoms with Crippen LogP contribution in [0, 0.1) is 5.92 Å². The number of hydrogen-bond donors (Lipinski definition) is 1. The second kappa shape index (κ2) is 4.81. The lowest BCUT2D eigenvalue weighted by Gasteiger charge is -2.38. The molecule has 0 spiro atoms. The fraction of sp³-hybridized carbons (Fsp3) is 0.667. The molecule has 1 saturated carbocycles. The molecule has 1 aliphatic carbocycles. The van der Waals surface area contributed by atoms with Crippen LogP contribution in [-0.2, 0) is 6.54 Å². The molecule has 15 heavy (non-hydrogen) atoms. The van der Waals surface area contributed by atoms with Gasteiger partial charge in [-0.3, -0.25) is 4.90 Å². The van der Waals surface area contributed by atoms with E-state index in [0.717, 1.165) is 24.8 Å². The Hall–Kier alpha value is -0.800. The molecule has 0 bridgehead atoms. The van der Waals surface area contributed by atoms with E-state index < -0.39 is 0 Å². The zero-order chi connectivity index (χ0) is 10.7. The van der Waals surface area contributed by atoms with Gasteiger partial charge < -0.3 is 10.2 Å². The van der Waals surface area contributed by atoms with Gasteiger partial charge in [-0.15, -0.1) is 0 Å². The van der Waals surface area contributed by atoms with Crippen molar-refractivity contribution in [2.45, 2.75) is 31.8 Å². The summed E-state index contributed by atoms with van der Waals surface area (Å²) in [6, 6.07) is 4.47. The molecule has 0 aromatic carbocycles. The first-order chi connectivity index (χ1) is 7.31. The van der Waals surface area contributed by atoms with E-state index in [1.807, 2.05) is 12.1 Å². The van der Waals surface area contributed by atoms with Gasteiger partial charge in [0, 0.05) is 12.6 Å². The Morgan fingerprint density at radius 1 is 1.60 bits per heavy atom. The van der Waals surface area contributed by atoms with Gasteiger partial charge in [0.2, 0.25) is 0 Å². The summed E-state index contributed by atoms with van der Waals surface area (Å²) in [5.74, 6) is 1.82. The molecule has 1 fully saturated rings. The smallest absolute Gasteiger partial charge is 0.117 e. The van der Waals surface area contributed by atoms with Gasteiger partial charge in [-0.05, 0) is 37.9 Å². The highest BCUT2D eigenvalue weighted by molar-refractivity contribution is 4.98. The summed E-state index contributed by atoms with van der Waals surface area (Å²) in [5.41, 5.74) is 5.84. The van der Waals surface area contributed by atoms with Crippen molar-refractivity contribution < 1.29 is 4.42 Å². The third-order valence-electron chi connectivity index (χ3n) is 3.49. The molecule has 1 heterocycles. The van der Waals surface area contributed by atoms with Crippen LogP contribution in [0.5, 0.6) is 0 Å². The second-order valence-electron chi connectivity index (χ2n) is 4.49. The van der Waals surface area contributed by atoms with E-state index in [2.05, 4.69) is 11.9 Å². The maximum absolute atomic E-state index is 5.84. The highest BCUT2D eigenvalue weighted by Gasteiger charge is 2.29. The molecule has 1 aromatic rings. The number of likely N-dealkylation sites (N-methyl/N-ethyl adjacent to an activating group) is 1. The van der Waals surface area contributed by atoms with Crippen LogP contribution in [0.2, 0.25) is 0 Å². The van der Waals surface area contributed by atoms with Gasteiger partial charge in [0.05, 0.1) is 12.8 Å². The van der Waals surface area contributed by atoms with Crippen LogP contribution < -0.4 is 5.73 Å². The fourth-order valence-corrected chi connectivity index (χ4v) is 2.32. The number of nitrogens with two attached hydrogens (primary N) is 1. The second-order valence-corrected chi connectivity index (χ2v) is 4.49. The average molecular weight is 208 g/mol. The molecule has 84 valence electrons. The molecule has 1 unspecified atom stereocenters. The van der Waals surface area contributed by atoms with Crippen molar-refractivity contribution in [3.63, 3.8) is 0 Å². The molecule has 3 nitrogen and oxygen atoms in total. The summed E-state index contributed by atoms with van der Waals surface area (Å²) in [4.78, 5) is 2.32. The summed E-state index contributed by atoms with van der Waals surface area (Å²) < 4.78 is 5.35. The molecule has 0 radical (unpaired) electrons. The van der Waals surface area contributed by atoms with Crippen molar-refractivity contribution in [3.8, 4) is 0 Å². The minimum absolute atomic E-state index is 0.517. The Labute approximate surface area is 91.2 Å². The topological polar surface area (TPSA) is 42.4 Å². The zero-order valence-electron chi connectivity index (χ0n) is 9.36. The molecule has 2 N–H and O–H groups in total. The van der Waals surface area contributed by atoms with Crippen LogP contribution in [0.3, 0.4) is 0 Å². The molecule has 1 atom stereocenters. The van der Waals surface area contributed by atoms with Gasteiger partial charge in [0.1, 0.15) is 5.76 Å². The summed E-state index contributed by atoms with van der Waals surface area (Å²) in [6.45, 7) is 1.62. The highest BCUT2D eigenvalue weighted by Crippen LogP contribution is 2.31. The van der Waals surface area contributed by atoms with Crippen molar-refractivity contribution in [3.05, 3.63) is 24.2 Å². The zero-order valence-corrected chi connectivity index (χ0v) is 9.36. The number of nitrogens with zero attached hydrogens (tertiary/aromatic N) is 1. The largest absolute Gasteiger partial charge is 0.468 e. The molecule has 1 aliphatic rings. The van der Waals surface area contributed by atoms with Crippen LogP contribution in [0.15, 0.2) is 22.8 Å².